The Morgan fingerprint density at radius 1 is 0.680 bits per heavy atom. The molecule has 1 aliphatic carbocycles. The van der Waals surface area contributed by atoms with Gasteiger partial charge < -0.3 is 19.3 Å². The molecule has 134 valence electrons. The zero-order valence-electron chi connectivity index (χ0n) is 16.1. The van der Waals surface area contributed by atoms with Gasteiger partial charge in [0.05, 0.1) is 14.2 Å². The van der Waals surface area contributed by atoms with Crippen molar-refractivity contribution in [2.75, 3.05) is 52.2 Å². The second-order valence-electron chi connectivity index (χ2n) is 7.04. The average Bonchev–Trinajstić information content (AvgIpc) is 2.79. The lowest BCUT2D eigenvalue weighted by molar-refractivity contribution is 0.405. The molecular formula is C21H28N2O2. The van der Waals surface area contributed by atoms with Gasteiger partial charge in [0.25, 0.3) is 0 Å². The highest BCUT2D eigenvalue weighted by atomic mass is 16.5. The van der Waals surface area contributed by atoms with Crippen LogP contribution in [0.5, 0.6) is 11.5 Å². The molecule has 1 aliphatic rings. The van der Waals surface area contributed by atoms with E-state index in [1.165, 1.54) is 33.6 Å². The smallest absolute Gasteiger partial charge is 0.124 e. The first-order chi connectivity index (χ1) is 11.9. The molecule has 0 amide bonds. The molecule has 25 heavy (non-hydrogen) atoms. The number of ether oxygens (including phenoxy) is 2. The van der Waals surface area contributed by atoms with E-state index in [0.717, 1.165) is 30.8 Å². The number of aryl methyl sites for hydroxylation is 2. The first kappa shape index (κ1) is 17.5. The summed E-state index contributed by atoms with van der Waals surface area (Å²) < 4.78 is 11.5. The van der Waals surface area contributed by atoms with E-state index in [0.29, 0.717) is 0 Å². The Morgan fingerprint density at radius 2 is 1.08 bits per heavy atom. The second-order valence-corrected chi connectivity index (χ2v) is 7.04. The molecule has 0 spiro atoms. The Bertz CT molecular complexity index is 716. The zero-order chi connectivity index (χ0) is 18.1. The van der Waals surface area contributed by atoms with E-state index in [9.17, 15) is 0 Å². The van der Waals surface area contributed by atoms with Crippen molar-refractivity contribution >= 4 is 11.4 Å². The topological polar surface area (TPSA) is 24.9 Å². The summed E-state index contributed by atoms with van der Waals surface area (Å²) in [6.45, 7) is 0. The van der Waals surface area contributed by atoms with Crippen LogP contribution < -0.4 is 19.3 Å². The minimum absolute atomic E-state index is 0.846. The fourth-order valence-electron chi connectivity index (χ4n) is 3.55. The summed E-state index contributed by atoms with van der Waals surface area (Å²) in [6, 6.07) is 8.85. The van der Waals surface area contributed by atoms with Gasteiger partial charge in [-0.15, -0.1) is 0 Å². The van der Waals surface area contributed by atoms with Gasteiger partial charge in [0.2, 0.25) is 0 Å². The number of fused-ring (bicyclic) bond motifs is 2. The van der Waals surface area contributed by atoms with Gasteiger partial charge in [-0.05, 0) is 36.1 Å². The van der Waals surface area contributed by atoms with Gasteiger partial charge >= 0.3 is 0 Å². The van der Waals surface area contributed by atoms with Crippen LogP contribution in [0, 0.1) is 0 Å². The van der Waals surface area contributed by atoms with E-state index in [-0.39, 0.29) is 0 Å². The molecule has 0 saturated heterocycles. The molecule has 0 aliphatic heterocycles. The van der Waals surface area contributed by atoms with Gasteiger partial charge in [0, 0.05) is 69.2 Å². The minimum atomic E-state index is 0.846. The van der Waals surface area contributed by atoms with E-state index in [2.05, 4.69) is 62.3 Å². The highest BCUT2D eigenvalue weighted by Gasteiger charge is 2.22. The van der Waals surface area contributed by atoms with Crippen LogP contribution in [-0.2, 0) is 19.3 Å². The van der Waals surface area contributed by atoms with Crippen LogP contribution in [-0.4, -0.2) is 42.4 Å². The third-order valence-electron chi connectivity index (χ3n) is 5.06. The number of hydrogen-bond donors (Lipinski definition) is 0. The van der Waals surface area contributed by atoms with Gasteiger partial charge in [-0.1, -0.05) is 0 Å². The molecule has 0 fully saturated rings. The van der Waals surface area contributed by atoms with Crippen LogP contribution in [0.3, 0.4) is 0 Å². The number of nitrogens with zero attached hydrogens (tertiary/aromatic N) is 2. The normalized spacial score (nSPS) is 12.7. The summed E-state index contributed by atoms with van der Waals surface area (Å²) in [6.07, 6.45) is 2.87. The van der Waals surface area contributed by atoms with E-state index in [1.54, 1.807) is 14.2 Å². The summed E-state index contributed by atoms with van der Waals surface area (Å²) in [5.74, 6) is 1.93. The second kappa shape index (κ2) is 6.87. The Morgan fingerprint density at radius 3 is 1.40 bits per heavy atom. The van der Waals surface area contributed by atoms with Crippen LogP contribution in [0.1, 0.15) is 22.3 Å². The molecule has 4 heteroatoms. The molecule has 0 bridgehead atoms. The van der Waals surface area contributed by atoms with Gasteiger partial charge in [-0.2, -0.15) is 0 Å². The van der Waals surface area contributed by atoms with E-state index in [1.807, 2.05) is 0 Å². The van der Waals surface area contributed by atoms with Crippen LogP contribution in [0.25, 0.3) is 0 Å². The predicted molar refractivity (Wildman–Crippen MR) is 105 cm³/mol. The number of methoxy groups -OCH3 is 2. The van der Waals surface area contributed by atoms with Crippen molar-refractivity contribution in [3.8, 4) is 11.5 Å². The van der Waals surface area contributed by atoms with Crippen LogP contribution in [0.4, 0.5) is 11.4 Å². The lowest BCUT2D eigenvalue weighted by Crippen LogP contribution is -2.11. The van der Waals surface area contributed by atoms with Crippen molar-refractivity contribution in [2.24, 2.45) is 0 Å². The molecule has 3 rings (SSSR count). The summed E-state index contributed by atoms with van der Waals surface area (Å²) in [4.78, 5) is 4.26. The van der Waals surface area contributed by atoms with Crippen LogP contribution in [0.15, 0.2) is 24.3 Å². The predicted octanol–water partition coefficient (Wildman–Crippen LogP) is 3.53. The number of anilines is 2. The largest absolute Gasteiger partial charge is 0.496 e. The maximum absolute atomic E-state index is 5.73. The molecule has 0 heterocycles. The first-order valence-corrected chi connectivity index (χ1v) is 8.68. The van der Waals surface area contributed by atoms with Crippen molar-refractivity contribution in [3.63, 3.8) is 0 Å². The highest BCUT2D eigenvalue weighted by molar-refractivity contribution is 5.63. The zero-order valence-corrected chi connectivity index (χ0v) is 16.1. The Labute approximate surface area is 151 Å². The van der Waals surface area contributed by atoms with Gasteiger partial charge in [0.1, 0.15) is 11.5 Å². The van der Waals surface area contributed by atoms with Crippen LogP contribution >= 0.6 is 0 Å². The monoisotopic (exact) mass is 340 g/mol. The molecule has 0 saturated carbocycles. The third-order valence-corrected chi connectivity index (χ3v) is 5.06. The van der Waals surface area contributed by atoms with Crippen molar-refractivity contribution < 1.29 is 9.47 Å². The van der Waals surface area contributed by atoms with Crippen LogP contribution in [0.2, 0.25) is 0 Å². The molecule has 0 atom stereocenters. The lowest BCUT2D eigenvalue weighted by Gasteiger charge is -2.20. The fraction of sp³-hybridized carbons (Fsp3) is 0.429. The molecule has 0 unspecified atom stereocenters. The minimum Gasteiger partial charge on any atom is -0.496 e. The fourth-order valence-corrected chi connectivity index (χ4v) is 3.55. The molecule has 0 aromatic heterocycles. The quantitative estimate of drug-likeness (QED) is 0.850. The van der Waals surface area contributed by atoms with Crippen molar-refractivity contribution in [3.05, 3.63) is 46.5 Å². The van der Waals surface area contributed by atoms with Crippen molar-refractivity contribution in [1.82, 2.24) is 0 Å². The Hall–Kier alpha value is -2.36. The summed E-state index contributed by atoms with van der Waals surface area (Å²) >= 11 is 0. The SMILES string of the molecule is COc1cc(N(C)C)cc2c1Cc1c(cc(N(C)C)cc1OC)CC2. The highest BCUT2D eigenvalue weighted by Crippen LogP contribution is 2.39. The molecule has 2 aromatic rings. The summed E-state index contributed by atoms with van der Waals surface area (Å²) in [7, 11) is 11.8. The average molecular weight is 340 g/mol. The first-order valence-electron chi connectivity index (χ1n) is 8.68. The van der Waals surface area contributed by atoms with Gasteiger partial charge in [-0.3, -0.25) is 0 Å². The Kier molecular flexibility index (Phi) is 4.80. The maximum atomic E-state index is 5.73. The van der Waals surface area contributed by atoms with E-state index >= 15 is 0 Å². The molecule has 2 aromatic carbocycles. The maximum Gasteiger partial charge on any atom is 0.124 e. The standard InChI is InChI=1S/C21H28N2O2/c1-22(2)16-9-14-7-8-15-10-17(23(3)4)12-21(25-6)19(15)13-18(14)20(11-16)24-5/h9-12H,7-8,13H2,1-6H3. The number of rotatable bonds is 4. The number of hydrogen-bond acceptors (Lipinski definition) is 4. The number of benzene rings is 2. The lowest BCUT2D eigenvalue weighted by atomic mass is 9.97. The molecule has 0 radical (unpaired) electrons. The molecule has 4 nitrogen and oxygen atoms in total. The van der Waals surface area contributed by atoms with Gasteiger partial charge in [-0.25, -0.2) is 0 Å². The summed E-state index contributed by atoms with van der Waals surface area (Å²) in [5.41, 5.74) is 7.66. The van der Waals surface area contributed by atoms with Crippen molar-refractivity contribution in [1.29, 1.82) is 0 Å². The third kappa shape index (κ3) is 3.26. The molecule has 0 N–H and O–H groups in total. The molecular weight excluding hydrogens is 312 g/mol. The Balaban J connectivity index is 2.13. The van der Waals surface area contributed by atoms with Crippen molar-refractivity contribution in [2.45, 2.75) is 19.3 Å². The van der Waals surface area contributed by atoms with E-state index < -0.39 is 0 Å². The van der Waals surface area contributed by atoms with Gasteiger partial charge in [0.15, 0.2) is 0 Å². The summed E-state index contributed by atoms with van der Waals surface area (Å²) in [5, 5.41) is 0. The van der Waals surface area contributed by atoms with E-state index in [4.69, 9.17) is 9.47 Å².